The molecule has 6 rings (SSSR count). The molecule has 178 valence electrons. The van der Waals surface area contributed by atoms with Gasteiger partial charge in [0.25, 0.3) is 5.91 Å². The monoisotopic (exact) mass is 475 g/mol. The summed E-state index contributed by atoms with van der Waals surface area (Å²) in [4.78, 5) is 28.0. The quantitative estimate of drug-likeness (QED) is 0.452. The lowest BCUT2D eigenvalue weighted by Gasteiger charge is -2.46. The van der Waals surface area contributed by atoms with E-state index < -0.39 is 11.6 Å². The van der Waals surface area contributed by atoms with Crippen molar-refractivity contribution in [3.05, 3.63) is 71.7 Å². The van der Waals surface area contributed by atoms with Crippen LogP contribution in [0.1, 0.15) is 22.3 Å². The van der Waals surface area contributed by atoms with Crippen molar-refractivity contribution in [2.45, 2.75) is 13.3 Å². The molecule has 35 heavy (non-hydrogen) atoms. The number of hydrogen-bond donors (Lipinski definition) is 0. The minimum Gasteiger partial charge on any atom is -0.355 e. The Balaban J connectivity index is 1.23. The summed E-state index contributed by atoms with van der Waals surface area (Å²) >= 11 is 0. The molecule has 0 radical (unpaired) electrons. The van der Waals surface area contributed by atoms with Crippen molar-refractivity contribution in [1.29, 1.82) is 0 Å². The zero-order chi connectivity index (χ0) is 24.1. The van der Waals surface area contributed by atoms with E-state index in [1.807, 2.05) is 30.0 Å². The maximum atomic E-state index is 13.7. The van der Waals surface area contributed by atoms with Crippen molar-refractivity contribution < 1.29 is 13.6 Å². The van der Waals surface area contributed by atoms with E-state index in [1.54, 1.807) is 18.6 Å². The van der Waals surface area contributed by atoms with Crippen molar-refractivity contribution in [1.82, 2.24) is 29.9 Å². The molecule has 8 nitrogen and oxygen atoms in total. The first-order valence-electron chi connectivity index (χ1n) is 11.6. The van der Waals surface area contributed by atoms with Crippen LogP contribution in [-0.4, -0.2) is 61.9 Å². The predicted octanol–water partition coefficient (Wildman–Crippen LogP) is 3.40. The molecule has 2 aromatic carbocycles. The summed E-state index contributed by atoms with van der Waals surface area (Å²) in [7, 11) is 0. The second-order valence-electron chi connectivity index (χ2n) is 9.41. The zero-order valence-electron chi connectivity index (χ0n) is 19.1. The van der Waals surface area contributed by atoms with E-state index >= 15 is 0 Å². The number of carbonyl (C=O) groups is 1. The third-order valence-electron chi connectivity index (χ3n) is 6.78. The molecule has 0 aliphatic carbocycles. The molecule has 4 aromatic rings. The van der Waals surface area contributed by atoms with Crippen LogP contribution in [0.25, 0.3) is 16.7 Å². The first-order valence-corrected chi connectivity index (χ1v) is 11.6. The van der Waals surface area contributed by atoms with Crippen LogP contribution in [-0.2, 0) is 0 Å². The van der Waals surface area contributed by atoms with E-state index in [1.165, 1.54) is 4.80 Å². The van der Waals surface area contributed by atoms with Gasteiger partial charge in [-0.1, -0.05) is 11.6 Å². The van der Waals surface area contributed by atoms with Crippen LogP contribution < -0.4 is 4.90 Å². The lowest BCUT2D eigenvalue weighted by molar-refractivity contribution is 0.0564. The highest BCUT2D eigenvalue weighted by Gasteiger charge is 2.37. The summed E-state index contributed by atoms with van der Waals surface area (Å²) in [5.41, 5.74) is 2.90. The molecule has 0 saturated carbocycles. The molecule has 0 N–H and O–H groups in total. The van der Waals surface area contributed by atoms with Crippen LogP contribution in [0.2, 0.25) is 0 Å². The molecule has 2 unspecified atom stereocenters. The number of halogens is 2. The lowest BCUT2D eigenvalue weighted by atomic mass is 9.84. The van der Waals surface area contributed by atoms with Crippen molar-refractivity contribution >= 4 is 22.8 Å². The molecule has 2 bridgehead atoms. The van der Waals surface area contributed by atoms with Gasteiger partial charge < -0.3 is 9.80 Å². The Morgan fingerprint density at radius 1 is 0.943 bits per heavy atom. The largest absolute Gasteiger partial charge is 0.355 e. The van der Waals surface area contributed by atoms with Gasteiger partial charge in [0.15, 0.2) is 11.6 Å². The minimum atomic E-state index is -0.936. The van der Waals surface area contributed by atoms with Crippen LogP contribution in [0, 0.1) is 30.4 Å². The lowest BCUT2D eigenvalue weighted by Crippen LogP contribution is -2.54. The van der Waals surface area contributed by atoms with Gasteiger partial charge in [-0.15, -0.1) is 0 Å². The standard InChI is InChI=1S/C25H23F2N7O/c1-15-2-3-23(34-29-4-5-30-34)18(6-15)25(35)33-13-16-7-17(14-33)12-32(11-16)24-10-28-21-8-19(26)20(27)9-22(21)31-24/h2-6,8-10,16-17H,7,11-14H2,1H3. The van der Waals surface area contributed by atoms with Gasteiger partial charge in [-0.2, -0.15) is 15.0 Å². The Hall–Kier alpha value is -3.95. The normalized spacial score (nSPS) is 19.9. The van der Waals surface area contributed by atoms with Crippen LogP contribution in [0.15, 0.2) is 48.9 Å². The van der Waals surface area contributed by atoms with E-state index in [0.29, 0.717) is 54.3 Å². The topological polar surface area (TPSA) is 80.0 Å². The molecule has 2 aromatic heterocycles. The van der Waals surface area contributed by atoms with Crippen molar-refractivity contribution in [3.8, 4) is 5.69 Å². The zero-order valence-corrected chi connectivity index (χ0v) is 19.1. The number of likely N-dealkylation sites (tertiary alicyclic amines) is 1. The van der Waals surface area contributed by atoms with Crippen LogP contribution in [0.4, 0.5) is 14.6 Å². The first kappa shape index (κ1) is 21.6. The van der Waals surface area contributed by atoms with Crippen LogP contribution >= 0.6 is 0 Å². The van der Waals surface area contributed by atoms with Crippen molar-refractivity contribution in [2.24, 2.45) is 11.8 Å². The molecule has 2 atom stereocenters. The summed E-state index contributed by atoms with van der Waals surface area (Å²) in [6.07, 6.45) is 5.82. The van der Waals surface area contributed by atoms with E-state index in [2.05, 4.69) is 25.1 Å². The SMILES string of the molecule is Cc1ccc(-n2nccn2)c(C(=O)N2CC3CC(C2)CN(c2cnc4cc(F)c(F)cc4n2)C3)c1. The number of nitrogens with zero attached hydrogens (tertiary/aromatic N) is 7. The summed E-state index contributed by atoms with van der Waals surface area (Å²) in [5, 5.41) is 8.42. The Bertz CT molecular complexity index is 1410. The van der Waals surface area contributed by atoms with E-state index in [0.717, 1.165) is 24.1 Å². The van der Waals surface area contributed by atoms with Crippen LogP contribution in [0.3, 0.4) is 0 Å². The fourth-order valence-corrected chi connectivity index (χ4v) is 5.29. The van der Waals surface area contributed by atoms with Gasteiger partial charge >= 0.3 is 0 Å². The summed E-state index contributed by atoms with van der Waals surface area (Å²) in [5.74, 6) is -0.711. The molecule has 2 aliphatic heterocycles. The number of benzene rings is 2. The minimum absolute atomic E-state index is 0.0212. The number of anilines is 1. The van der Waals surface area contributed by atoms with Gasteiger partial charge in [0.05, 0.1) is 40.9 Å². The number of piperidine rings is 2. The molecule has 2 aliphatic rings. The number of fused-ring (bicyclic) bond motifs is 3. The summed E-state index contributed by atoms with van der Waals surface area (Å²) in [6.45, 7) is 4.65. The predicted molar refractivity (Wildman–Crippen MR) is 125 cm³/mol. The highest BCUT2D eigenvalue weighted by atomic mass is 19.2. The first-order chi connectivity index (χ1) is 16.9. The van der Waals surface area contributed by atoms with Gasteiger partial charge in [0.2, 0.25) is 0 Å². The maximum absolute atomic E-state index is 13.7. The second kappa shape index (κ2) is 8.37. The number of aromatic nitrogens is 5. The highest BCUT2D eigenvalue weighted by Crippen LogP contribution is 2.32. The Morgan fingerprint density at radius 3 is 2.34 bits per heavy atom. The molecule has 0 spiro atoms. The van der Waals surface area contributed by atoms with Gasteiger partial charge in [-0.05, 0) is 37.3 Å². The average molecular weight is 476 g/mol. The molecule has 1 amide bonds. The average Bonchev–Trinajstić information content (AvgIpc) is 3.38. The van der Waals surface area contributed by atoms with E-state index in [-0.39, 0.29) is 17.7 Å². The number of carbonyl (C=O) groups excluding carboxylic acids is 1. The second-order valence-corrected chi connectivity index (χ2v) is 9.41. The fourth-order valence-electron chi connectivity index (χ4n) is 5.29. The number of amides is 1. The Kier molecular flexibility index (Phi) is 5.16. The fraction of sp³-hybridized carbons (Fsp3) is 0.320. The highest BCUT2D eigenvalue weighted by molar-refractivity contribution is 5.98. The molecule has 10 heteroatoms. The van der Waals surface area contributed by atoms with Gasteiger partial charge in [0.1, 0.15) is 5.82 Å². The number of hydrogen-bond acceptors (Lipinski definition) is 6. The smallest absolute Gasteiger partial charge is 0.256 e. The molecule has 4 heterocycles. The number of rotatable bonds is 3. The van der Waals surface area contributed by atoms with Gasteiger partial charge in [0, 0.05) is 38.3 Å². The summed E-state index contributed by atoms with van der Waals surface area (Å²) in [6, 6.07) is 7.87. The van der Waals surface area contributed by atoms with E-state index in [4.69, 9.17) is 0 Å². The Morgan fingerprint density at radius 2 is 1.63 bits per heavy atom. The van der Waals surface area contributed by atoms with E-state index in [9.17, 15) is 13.6 Å². The Labute approximate surface area is 200 Å². The molecule has 2 fully saturated rings. The van der Waals surface area contributed by atoms with Gasteiger partial charge in [-0.25, -0.2) is 13.8 Å². The van der Waals surface area contributed by atoms with Crippen molar-refractivity contribution in [3.63, 3.8) is 0 Å². The molecule has 2 saturated heterocycles. The van der Waals surface area contributed by atoms with Gasteiger partial charge in [-0.3, -0.25) is 9.78 Å². The van der Waals surface area contributed by atoms with Crippen molar-refractivity contribution in [2.75, 3.05) is 31.1 Å². The van der Waals surface area contributed by atoms with Crippen LogP contribution in [0.5, 0.6) is 0 Å². The molecular formula is C25H23F2N7O. The number of aryl methyl sites for hydroxylation is 1. The third-order valence-corrected chi connectivity index (χ3v) is 6.78. The maximum Gasteiger partial charge on any atom is 0.256 e. The summed E-state index contributed by atoms with van der Waals surface area (Å²) < 4.78 is 27.2. The molecular weight excluding hydrogens is 452 g/mol. The third kappa shape index (κ3) is 3.98.